The van der Waals surface area contributed by atoms with Gasteiger partial charge < -0.3 is 9.47 Å². The van der Waals surface area contributed by atoms with Crippen LogP contribution < -0.4 is 0 Å². The van der Waals surface area contributed by atoms with Crippen molar-refractivity contribution < 1.29 is 9.47 Å². The molecule has 1 aliphatic rings. The summed E-state index contributed by atoms with van der Waals surface area (Å²) in [6.45, 7) is 4.07. The average molecular weight is 178 g/mol. The lowest BCUT2D eigenvalue weighted by atomic mass is 10.2. The van der Waals surface area contributed by atoms with Crippen LogP contribution in [0.2, 0.25) is 0 Å². The van der Waals surface area contributed by atoms with E-state index in [1.807, 2.05) is 44.2 Å². The number of rotatable bonds is 1. The van der Waals surface area contributed by atoms with Crippen LogP contribution >= 0.6 is 0 Å². The molecule has 0 saturated carbocycles. The molecule has 1 fully saturated rings. The predicted octanol–water partition coefficient (Wildman–Crippen LogP) is 2.51. The Labute approximate surface area is 78.5 Å². The van der Waals surface area contributed by atoms with Crippen LogP contribution in [-0.2, 0) is 9.47 Å². The molecule has 0 aromatic heterocycles. The summed E-state index contributed by atoms with van der Waals surface area (Å²) in [5.41, 5.74) is 1.10. The van der Waals surface area contributed by atoms with Crippen molar-refractivity contribution in [2.75, 3.05) is 0 Å². The van der Waals surface area contributed by atoms with Gasteiger partial charge in [-0.3, -0.25) is 0 Å². The summed E-state index contributed by atoms with van der Waals surface area (Å²) >= 11 is 0. The highest BCUT2D eigenvalue weighted by Crippen LogP contribution is 2.30. The van der Waals surface area contributed by atoms with E-state index in [1.54, 1.807) is 0 Å². The van der Waals surface area contributed by atoms with Gasteiger partial charge in [-0.15, -0.1) is 0 Å². The van der Waals surface area contributed by atoms with Crippen molar-refractivity contribution in [1.82, 2.24) is 0 Å². The van der Waals surface area contributed by atoms with E-state index in [9.17, 15) is 0 Å². The molecule has 0 radical (unpaired) electrons. The summed E-state index contributed by atoms with van der Waals surface area (Å²) in [5.74, 6) is 0. The van der Waals surface area contributed by atoms with Crippen molar-refractivity contribution in [2.24, 2.45) is 0 Å². The molecule has 0 aliphatic carbocycles. The Hall–Kier alpha value is -0.860. The van der Waals surface area contributed by atoms with Crippen LogP contribution in [0.1, 0.15) is 25.7 Å². The molecule has 2 nitrogen and oxygen atoms in total. The lowest BCUT2D eigenvalue weighted by Gasteiger charge is -2.09. The monoisotopic (exact) mass is 178 g/mol. The van der Waals surface area contributed by atoms with E-state index >= 15 is 0 Å². The first kappa shape index (κ1) is 8.73. The van der Waals surface area contributed by atoms with Gasteiger partial charge in [-0.1, -0.05) is 30.3 Å². The van der Waals surface area contributed by atoms with Crippen molar-refractivity contribution in [3.8, 4) is 0 Å². The van der Waals surface area contributed by atoms with Crippen LogP contribution in [-0.4, -0.2) is 12.2 Å². The van der Waals surface area contributed by atoms with Gasteiger partial charge in [0.25, 0.3) is 0 Å². The molecule has 0 spiro atoms. The number of hydrogen-bond donors (Lipinski definition) is 0. The van der Waals surface area contributed by atoms with Gasteiger partial charge in [0.1, 0.15) is 0 Å². The summed E-state index contributed by atoms with van der Waals surface area (Å²) in [7, 11) is 0. The summed E-state index contributed by atoms with van der Waals surface area (Å²) in [6, 6.07) is 10.0. The molecular formula is C11H14O2. The van der Waals surface area contributed by atoms with Crippen molar-refractivity contribution in [1.29, 1.82) is 0 Å². The molecule has 70 valence electrons. The molecule has 13 heavy (non-hydrogen) atoms. The van der Waals surface area contributed by atoms with Crippen molar-refractivity contribution in [3.05, 3.63) is 35.9 Å². The van der Waals surface area contributed by atoms with Gasteiger partial charge >= 0.3 is 0 Å². The fourth-order valence-electron chi connectivity index (χ4n) is 1.41. The SMILES string of the molecule is C[C@@H]1OC(c2ccccc2)O[C@@H]1C. The zero-order valence-corrected chi connectivity index (χ0v) is 7.94. The van der Waals surface area contributed by atoms with Gasteiger partial charge in [-0.2, -0.15) is 0 Å². The Morgan fingerprint density at radius 1 is 0.923 bits per heavy atom. The van der Waals surface area contributed by atoms with E-state index in [2.05, 4.69) is 0 Å². The van der Waals surface area contributed by atoms with Crippen LogP contribution in [0.15, 0.2) is 30.3 Å². The fraction of sp³-hybridized carbons (Fsp3) is 0.455. The predicted molar refractivity (Wildman–Crippen MR) is 50.3 cm³/mol. The second kappa shape index (κ2) is 3.48. The van der Waals surface area contributed by atoms with Crippen LogP contribution in [0.4, 0.5) is 0 Å². The number of benzene rings is 1. The van der Waals surface area contributed by atoms with Crippen LogP contribution in [0, 0.1) is 0 Å². The van der Waals surface area contributed by atoms with Crippen molar-refractivity contribution in [2.45, 2.75) is 32.3 Å². The van der Waals surface area contributed by atoms with E-state index in [1.165, 1.54) is 0 Å². The minimum absolute atomic E-state index is 0.175. The molecule has 2 heteroatoms. The van der Waals surface area contributed by atoms with Gasteiger partial charge in [-0.05, 0) is 13.8 Å². The third kappa shape index (κ3) is 1.74. The molecule has 1 heterocycles. The van der Waals surface area contributed by atoms with Crippen molar-refractivity contribution >= 4 is 0 Å². The normalized spacial score (nSPS) is 33.5. The smallest absolute Gasteiger partial charge is 0.184 e. The molecule has 0 N–H and O–H groups in total. The molecule has 3 atom stereocenters. The van der Waals surface area contributed by atoms with Gasteiger partial charge in [0, 0.05) is 5.56 Å². The molecule has 0 amide bonds. The highest BCUT2D eigenvalue weighted by molar-refractivity contribution is 5.16. The molecule has 1 saturated heterocycles. The number of hydrogen-bond acceptors (Lipinski definition) is 2. The number of ether oxygens (including phenoxy) is 2. The molecule has 1 aliphatic heterocycles. The van der Waals surface area contributed by atoms with Gasteiger partial charge in [0.2, 0.25) is 0 Å². The van der Waals surface area contributed by atoms with E-state index in [0.717, 1.165) is 5.56 Å². The summed E-state index contributed by atoms with van der Waals surface area (Å²) in [5, 5.41) is 0. The minimum Gasteiger partial charge on any atom is -0.343 e. The maximum Gasteiger partial charge on any atom is 0.184 e. The Morgan fingerprint density at radius 3 is 2.00 bits per heavy atom. The van der Waals surface area contributed by atoms with Crippen LogP contribution in [0.25, 0.3) is 0 Å². The highest BCUT2D eigenvalue weighted by Gasteiger charge is 2.30. The van der Waals surface area contributed by atoms with Crippen molar-refractivity contribution in [3.63, 3.8) is 0 Å². The maximum absolute atomic E-state index is 5.64. The second-order valence-corrected chi connectivity index (χ2v) is 3.43. The average Bonchev–Trinajstić information content (AvgIpc) is 2.49. The first-order valence-corrected chi connectivity index (χ1v) is 4.63. The molecule has 0 bridgehead atoms. The van der Waals surface area contributed by atoms with Gasteiger partial charge in [0.15, 0.2) is 6.29 Å². The fourth-order valence-corrected chi connectivity index (χ4v) is 1.41. The van der Waals surface area contributed by atoms with E-state index in [-0.39, 0.29) is 18.5 Å². The molecule has 2 rings (SSSR count). The van der Waals surface area contributed by atoms with E-state index < -0.39 is 0 Å². The summed E-state index contributed by atoms with van der Waals surface area (Å²) in [4.78, 5) is 0. The lowest BCUT2D eigenvalue weighted by Crippen LogP contribution is -2.13. The zero-order valence-electron chi connectivity index (χ0n) is 7.94. The molecule has 1 aromatic rings. The molecule has 1 unspecified atom stereocenters. The zero-order chi connectivity index (χ0) is 9.26. The third-order valence-corrected chi connectivity index (χ3v) is 2.41. The topological polar surface area (TPSA) is 18.5 Å². The van der Waals surface area contributed by atoms with Crippen LogP contribution in [0.3, 0.4) is 0 Å². The Morgan fingerprint density at radius 2 is 1.46 bits per heavy atom. The lowest BCUT2D eigenvalue weighted by molar-refractivity contribution is -0.0652. The first-order chi connectivity index (χ1) is 6.27. The minimum atomic E-state index is -0.175. The van der Waals surface area contributed by atoms with E-state index in [0.29, 0.717) is 0 Å². The van der Waals surface area contributed by atoms with E-state index in [4.69, 9.17) is 9.47 Å². The van der Waals surface area contributed by atoms with Gasteiger partial charge in [0.05, 0.1) is 12.2 Å². The Balaban J connectivity index is 2.12. The maximum atomic E-state index is 5.64. The van der Waals surface area contributed by atoms with Gasteiger partial charge in [-0.25, -0.2) is 0 Å². The highest BCUT2D eigenvalue weighted by atomic mass is 16.7. The third-order valence-electron chi connectivity index (χ3n) is 2.41. The van der Waals surface area contributed by atoms with Crippen LogP contribution in [0.5, 0.6) is 0 Å². The Bertz CT molecular complexity index is 261. The standard InChI is InChI=1S/C11H14O2/c1-8-9(2)13-11(12-8)10-6-4-3-5-7-10/h3-9,11H,1-2H3/t8-,9+,11?. The largest absolute Gasteiger partial charge is 0.343 e. The summed E-state index contributed by atoms with van der Waals surface area (Å²) in [6.07, 6.45) is 0.196. The quantitative estimate of drug-likeness (QED) is 0.657. The second-order valence-electron chi connectivity index (χ2n) is 3.43. The summed E-state index contributed by atoms with van der Waals surface area (Å²) < 4.78 is 11.3. The first-order valence-electron chi connectivity index (χ1n) is 4.63. The Kier molecular flexibility index (Phi) is 2.34. The molecular weight excluding hydrogens is 164 g/mol. The molecule has 1 aromatic carbocycles.